The van der Waals surface area contributed by atoms with Crippen molar-refractivity contribution in [2.45, 2.75) is 6.92 Å². The van der Waals surface area contributed by atoms with Crippen molar-refractivity contribution in [1.29, 1.82) is 5.26 Å². The molecule has 0 unspecified atom stereocenters. The molecule has 0 aromatic carbocycles. The van der Waals surface area contributed by atoms with Crippen LogP contribution >= 0.6 is 0 Å². The molecular weight excluding hydrogens is 228 g/mol. The minimum absolute atomic E-state index is 0.639. The highest BCUT2D eigenvalue weighted by molar-refractivity contribution is 5.51. The minimum Gasteiger partial charge on any atom is -0.354 e. The highest BCUT2D eigenvalue weighted by Crippen LogP contribution is 2.17. The molecule has 1 aliphatic rings. The van der Waals surface area contributed by atoms with Gasteiger partial charge in [-0.25, -0.2) is 9.97 Å². The molecule has 0 amide bonds. The van der Waals surface area contributed by atoms with Gasteiger partial charge in [0.1, 0.15) is 18.0 Å². The molecule has 0 radical (unpaired) electrons. The van der Waals surface area contributed by atoms with Gasteiger partial charge in [0.2, 0.25) is 0 Å². The molecule has 0 spiro atoms. The van der Waals surface area contributed by atoms with Gasteiger partial charge in [-0.3, -0.25) is 4.90 Å². The van der Waals surface area contributed by atoms with Crippen molar-refractivity contribution in [3.8, 4) is 6.19 Å². The highest BCUT2D eigenvalue weighted by Gasteiger charge is 2.17. The quantitative estimate of drug-likeness (QED) is 0.573. The van der Waals surface area contributed by atoms with Gasteiger partial charge in [0.15, 0.2) is 6.19 Å². The molecule has 1 fully saturated rings. The SMILES string of the molecule is CCN1CCN(c2cc(N(C)C#N)ncn2)CC1. The predicted octanol–water partition coefficient (Wildman–Crippen LogP) is 0.536. The van der Waals surface area contributed by atoms with E-state index in [0.29, 0.717) is 5.82 Å². The van der Waals surface area contributed by atoms with Gasteiger partial charge in [-0.05, 0) is 6.54 Å². The van der Waals surface area contributed by atoms with Crippen LogP contribution in [-0.2, 0) is 0 Å². The third kappa shape index (κ3) is 2.68. The van der Waals surface area contributed by atoms with Crippen LogP contribution in [0.2, 0.25) is 0 Å². The summed E-state index contributed by atoms with van der Waals surface area (Å²) < 4.78 is 0. The smallest absolute Gasteiger partial charge is 0.185 e. The molecule has 1 aromatic heterocycles. The Morgan fingerprint density at radius 2 is 2.06 bits per heavy atom. The summed E-state index contributed by atoms with van der Waals surface area (Å²) in [5.74, 6) is 1.54. The van der Waals surface area contributed by atoms with Crippen LogP contribution in [0.1, 0.15) is 6.92 Å². The fourth-order valence-electron chi connectivity index (χ4n) is 2.04. The number of nitrogens with zero attached hydrogens (tertiary/aromatic N) is 6. The van der Waals surface area contributed by atoms with Crippen LogP contribution in [0.4, 0.5) is 11.6 Å². The predicted molar refractivity (Wildman–Crippen MR) is 70.4 cm³/mol. The van der Waals surface area contributed by atoms with E-state index in [9.17, 15) is 0 Å². The third-order valence-corrected chi connectivity index (χ3v) is 3.28. The minimum atomic E-state index is 0.639. The number of rotatable bonds is 3. The van der Waals surface area contributed by atoms with Crippen molar-refractivity contribution in [3.63, 3.8) is 0 Å². The van der Waals surface area contributed by atoms with Gasteiger partial charge >= 0.3 is 0 Å². The zero-order valence-corrected chi connectivity index (χ0v) is 10.9. The Bertz CT molecular complexity index is 432. The normalized spacial score (nSPS) is 16.4. The number of anilines is 2. The highest BCUT2D eigenvalue weighted by atomic mass is 15.3. The molecule has 2 heterocycles. The Morgan fingerprint density at radius 1 is 1.33 bits per heavy atom. The summed E-state index contributed by atoms with van der Waals surface area (Å²) in [5, 5.41) is 8.85. The Balaban J connectivity index is 2.08. The van der Waals surface area contributed by atoms with Gasteiger partial charge in [-0.1, -0.05) is 6.92 Å². The van der Waals surface area contributed by atoms with E-state index >= 15 is 0 Å². The summed E-state index contributed by atoms with van der Waals surface area (Å²) in [6.07, 6.45) is 3.56. The molecule has 1 aliphatic heterocycles. The van der Waals surface area contributed by atoms with E-state index in [2.05, 4.69) is 26.7 Å². The van der Waals surface area contributed by atoms with E-state index < -0.39 is 0 Å². The number of nitriles is 1. The first-order valence-corrected chi connectivity index (χ1v) is 6.17. The van der Waals surface area contributed by atoms with Crippen molar-refractivity contribution < 1.29 is 0 Å². The fraction of sp³-hybridized carbons (Fsp3) is 0.583. The summed E-state index contributed by atoms with van der Waals surface area (Å²) in [5.41, 5.74) is 0. The molecule has 0 N–H and O–H groups in total. The van der Waals surface area contributed by atoms with E-state index in [0.717, 1.165) is 38.5 Å². The van der Waals surface area contributed by atoms with Gasteiger partial charge in [-0.2, -0.15) is 5.26 Å². The lowest BCUT2D eigenvalue weighted by atomic mass is 10.3. The number of hydrogen-bond acceptors (Lipinski definition) is 6. The number of hydrogen-bond donors (Lipinski definition) is 0. The second kappa shape index (κ2) is 5.65. The molecule has 1 saturated heterocycles. The average Bonchev–Trinajstić information content (AvgIpc) is 2.46. The van der Waals surface area contributed by atoms with Gasteiger partial charge in [0.05, 0.1) is 0 Å². The summed E-state index contributed by atoms with van der Waals surface area (Å²) in [6, 6.07) is 1.87. The zero-order chi connectivity index (χ0) is 13.0. The Morgan fingerprint density at radius 3 is 2.67 bits per heavy atom. The Hall–Kier alpha value is -1.87. The average molecular weight is 246 g/mol. The molecule has 0 aliphatic carbocycles. The van der Waals surface area contributed by atoms with E-state index in [4.69, 9.17) is 5.26 Å². The van der Waals surface area contributed by atoms with Crippen LogP contribution in [0.3, 0.4) is 0 Å². The summed E-state index contributed by atoms with van der Waals surface area (Å²) >= 11 is 0. The number of piperazine rings is 1. The number of aromatic nitrogens is 2. The Kier molecular flexibility index (Phi) is 3.95. The van der Waals surface area contributed by atoms with Crippen LogP contribution in [0, 0.1) is 11.5 Å². The van der Waals surface area contributed by atoms with Crippen LogP contribution in [0.15, 0.2) is 12.4 Å². The maximum atomic E-state index is 8.85. The van der Waals surface area contributed by atoms with Crippen LogP contribution in [0.5, 0.6) is 0 Å². The monoisotopic (exact) mass is 246 g/mol. The molecule has 6 heteroatoms. The molecule has 96 valence electrons. The van der Waals surface area contributed by atoms with Crippen molar-refractivity contribution in [3.05, 3.63) is 12.4 Å². The molecule has 6 nitrogen and oxygen atoms in total. The second-order valence-electron chi connectivity index (χ2n) is 4.31. The van der Waals surface area contributed by atoms with E-state index in [-0.39, 0.29) is 0 Å². The first-order chi connectivity index (χ1) is 8.74. The first-order valence-electron chi connectivity index (χ1n) is 6.17. The molecule has 0 saturated carbocycles. The van der Waals surface area contributed by atoms with Crippen LogP contribution in [0.25, 0.3) is 0 Å². The summed E-state index contributed by atoms with van der Waals surface area (Å²) in [7, 11) is 1.70. The molecular formula is C12H18N6. The first kappa shape index (κ1) is 12.6. The van der Waals surface area contributed by atoms with Crippen molar-refractivity contribution in [2.75, 3.05) is 49.6 Å². The van der Waals surface area contributed by atoms with E-state index in [1.54, 1.807) is 7.05 Å². The maximum absolute atomic E-state index is 8.85. The topological polar surface area (TPSA) is 59.3 Å². The van der Waals surface area contributed by atoms with Crippen molar-refractivity contribution in [1.82, 2.24) is 14.9 Å². The molecule has 0 bridgehead atoms. The lowest BCUT2D eigenvalue weighted by Gasteiger charge is -2.34. The van der Waals surface area contributed by atoms with Crippen LogP contribution in [-0.4, -0.2) is 54.6 Å². The maximum Gasteiger partial charge on any atom is 0.185 e. The van der Waals surface area contributed by atoms with E-state index in [1.165, 1.54) is 11.2 Å². The molecule has 1 aromatic rings. The second-order valence-corrected chi connectivity index (χ2v) is 4.31. The largest absolute Gasteiger partial charge is 0.354 e. The Labute approximate surface area is 107 Å². The van der Waals surface area contributed by atoms with Crippen LogP contribution < -0.4 is 9.80 Å². The lowest BCUT2D eigenvalue weighted by Crippen LogP contribution is -2.46. The van der Waals surface area contributed by atoms with Crippen molar-refractivity contribution >= 4 is 11.6 Å². The van der Waals surface area contributed by atoms with Gasteiger partial charge in [0, 0.05) is 39.3 Å². The fourth-order valence-corrected chi connectivity index (χ4v) is 2.04. The molecule has 2 rings (SSSR count). The number of likely N-dealkylation sites (N-methyl/N-ethyl adjacent to an activating group) is 1. The van der Waals surface area contributed by atoms with E-state index in [1.807, 2.05) is 12.3 Å². The molecule has 0 atom stereocenters. The summed E-state index contributed by atoms with van der Waals surface area (Å²) in [4.78, 5) is 14.5. The van der Waals surface area contributed by atoms with Gasteiger partial charge < -0.3 is 9.80 Å². The molecule has 18 heavy (non-hydrogen) atoms. The van der Waals surface area contributed by atoms with Gasteiger partial charge in [-0.15, -0.1) is 0 Å². The van der Waals surface area contributed by atoms with Gasteiger partial charge in [0.25, 0.3) is 0 Å². The lowest BCUT2D eigenvalue weighted by molar-refractivity contribution is 0.270. The zero-order valence-electron chi connectivity index (χ0n) is 10.9. The summed E-state index contributed by atoms with van der Waals surface area (Å²) in [6.45, 7) is 7.34. The standard InChI is InChI=1S/C12H18N6/c1-3-17-4-6-18(7-5-17)12-8-11(14-10-15-12)16(2)9-13/h8,10H,3-7H2,1-2H3. The third-order valence-electron chi connectivity index (χ3n) is 3.28. The van der Waals surface area contributed by atoms with Crippen molar-refractivity contribution in [2.24, 2.45) is 0 Å².